The van der Waals surface area contributed by atoms with Gasteiger partial charge in [-0.25, -0.2) is 0 Å². The molecule has 1 aromatic rings. The third-order valence-corrected chi connectivity index (χ3v) is 0.941. The quantitative estimate of drug-likeness (QED) is 0.370. The molecule has 0 bridgehead atoms. The Hall–Kier alpha value is -1.76. The maximum absolute atomic E-state index is 10.6. The fourth-order valence-electron chi connectivity index (χ4n) is 0.512. The second-order valence-corrected chi connectivity index (χ2v) is 1.69. The van der Waals surface area contributed by atoms with E-state index in [9.17, 15) is 4.79 Å². The number of hydrogen-bond acceptors (Lipinski definition) is 5. The fraction of sp³-hybridized carbons (Fsp3) is 0. The molecule has 7 heteroatoms. The van der Waals surface area contributed by atoms with Gasteiger partial charge in [-0.15, -0.1) is 4.73 Å². The number of nitrogens with zero attached hydrogens (tertiary/aromatic N) is 2. The van der Waals surface area contributed by atoms with Gasteiger partial charge in [0.05, 0.1) is 0 Å². The van der Waals surface area contributed by atoms with Gasteiger partial charge in [0, 0.05) is 6.07 Å². The van der Waals surface area contributed by atoms with Crippen LogP contribution >= 0.6 is 0 Å². The SMILES string of the molecule is Nc1cc(=O)n(O)c(N)n1.O. The number of hydrogen-bond donors (Lipinski definition) is 3. The average Bonchev–Trinajstić information content (AvgIpc) is 1.82. The maximum Gasteiger partial charge on any atom is 0.289 e. The fourth-order valence-corrected chi connectivity index (χ4v) is 0.512. The Morgan fingerprint density at radius 2 is 2.09 bits per heavy atom. The van der Waals surface area contributed by atoms with E-state index in [1.54, 1.807) is 0 Å². The van der Waals surface area contributed by atoms with Crippen molar-refractivity contribution in [1.82, 2.24) is 9.71 Å². The van der Waals surface area contributed by atoms with Crippen molar-refractivity contribution in [3.05, 3.63) is 16.4 Å². The van der Waals surface area contributed by atoms with Gasteiger partial charge in [0.1, 0.15) is 5.82 Å². The van der Waals surface area contributed by atoms with Crippen LogP contribution in [0.1, 0.15) is 0 Å². The first kappa shape index (κ1) is 9.24. The molecule has 0 atom stereocenters. The summed E-state index contributed by atoms with van der Waals surface area (Å²) in [6, 6.07) is 0.969. The molecule has 0 fully saturated rings. The number of rotatable bonds is 0. The summed E-state index contributed by atoms with van der Waals surface area (Å²) in [6.45, 7) is 0. The zero-order valence-corrected chi connectivity index (χ0v) is 5.48. The molecule has 1 aromatic heterocycles. The average molecular weight is 160 g/mol. The van der Waals surface area contributed by atoms with Crippen LogP contribution in [0.2, 0.25) is 0 Å². The Morgan fingerprint density at radius 3 is 2.55 bits per heavy atom. The van der Waals surface area contributed by atoms with Gasteiger partial charge in [-0.2, -0.15) is 4.98 Å². The van der Waals surface area contributed by atoms with Crippen LogP contribution in [-0.2, 0) is 0 Å². The van der Waals surface area contributed by atoms with Crippen molar-refractivity contribution in [2.75, 3.05) is 11.5 Å². The van der Waals surface area contributed by atoms with Gasteiger partial charge < -0.3 is 22.2 Å². The van der Waals surface area contributed by atoms with Crippen LogP contribution in [0.3, 0.4) is 0 Å². The van der Waals surface area contributed by atoms with E-state index < -0.39 is 5.56 Å². The molecule has 62 valence electrons. The highest BCUT2D eigenvalue weighted by Crippen LogP contribution is 1.93. The molecule has 0 aliphatic rings. The first-order chi connectivity index (χ1) is 4.61. The number of nitrogen functional groups attached to an aromatic ring is 2. The molecular formula is C4H8N4O3. The predicted octanol–water partition coefficient (Wildman–Crippen LogP) is -2.18. The van der Waals surface area contributed by atoms with Crippen LogP contribution in [-0.4, -0.2) is 20.4 Å². The maximum atomic E-state index is 10.6. The highest BCUT2D eigenvalue weighted by atomic mass is 16.5. The Morgan fingerprint density at radius 1 is 1.55 bits per heavy atom. The molecule has 11 heavy (non-hydrogen) atoms. The van der Waals surface area contributed by atoms with E-state index in [1.807, 2.05) is 0 Å². The lowest BCUT2D eigenvalue weighted by molar-refractivity contribution is 0.178. The van der Waals surface area contributed by atoms with Gasteiger partial charge in [-0.3, -0.25) is 4.79 Å². The summed E-state index contributed by atoms with van der Waals surface area (Å²) >= 11 is 0. The van der Waals surface area contributed by atoms with Crippen LogP contribution < -0.4 is 17.0 Å². The minimum Gasteiger partial charge on any atom is -0.422 e. The summed E-state index contributed by atoms with van der Waals surface area (Å²) in [5.74, 6) is -0.321. The minimum atomic E-state index is -0.690. The van der Waals surface area contributed by atoms with E-state index in [4.69, 9.17) is 16.7 Å². The molecule has 1 heterocycles. The Labute approximate surface area is 61.2 Å². The number of aromatic nitrogens is 2. The molecule has 0 aromatic carbocycles. The standard InChI is InChI=1S/C4H6N4O2.H2O/c5-2-1-3(9)8(10)4(6)7-2;/h1,10H,5H2,(H2,6,7);1H2. The van der Waals surface area contributed by atoms with Crippen molar-refractivity contribution in [1.29, 1.82) is 0 Å². The van der Waals surface area contributed by atoms with Gasteiger partial charge in [-0.1, -0.05) is 0 Å². The molecule has 7 nitrogen and oxygen atoms in total. The predicted molar refractivity (Wildman–Crippen MR) is 38.1 cm³/mol. The second kappa shape index (κ2) is 2.88. The van der Waals surface area contributed by atoms with Crippen LogP contribution in [0.15, 0.2) is 10.9 Å². The Kier molecular flexibility index (Phi) is 2.42. The van der Waals surface area contributed by atoms with E-state index in [0.29, 0.717) is 0 Å². The van der Waals surface area contributed by atoms with Gasteiger partial charge in [0.2, 0.25) is 5.95 Å². The van der Waals surface area contributed by atoms with Crippen molar-refractivity contribution in [3.63, 3.8) is 0 Å². The molecule has 0 saturated heterocycles. The van der Waals surface area contributed by atoms with Crippen molar-refractivity contribution in [3.8, 4) is 0 Å². The van der Waals surface area contributed by atoms with Crippen molar-refractivity contribution in [2.45, 2.75) is 0 Å². The Bertz CT molecular complexity index is 307. The van der Waals surface area contributed by atoms with Crippen molar-refractivity contribution >= 4 is 11.8 Å². The van der Waals surface area contributed by atoms with Crippen molar-refractivity contribution < 1.29 is 10.7 Å². The van der Waals surface area contributed by atoms with E-state index in [-0.39, 0.29) is 22.0 Å². The molecule has 0 aliphatic carbocycles. The molecule has 0 spiro atoms. The van der Waals surface area contributed by atoms with Crippen molar-refractivity contribution in [2.24, 2.45) is 0 Å². The third kappa shape index (κ3) is 1.58. The van der Waals surface area contributed by atoms with Gasteiger partial charge in [0.15, 0.2) is 0 Å². The second-order valence-electron chi connectivity index (χ2n) is 1.69. The van der Waals surface area contributed by atoms with E-state index in [2.05, 4.69) is 4.98 Å². The zero-order valence-electron chi connectivity index (χ0n) is 5.48. The summed E-state index contributed by atoms with van der Waals surface area (Å²) < 4.78 is 0.219. The normalized spacial score (nSPS) is 8.73. The summed E-state index contributed by atoms with van der Waals surface area (Å²) in [6.07, 6.45) is 0. The highest BCUT2D eigenvalue weighted by Gasteiger charge is 1.99. The van der Waals surface area contributed by atoms with E-state index >= 15 is 0 Å². The smallest absolute Gasteiger partial charge is 0.289 e. The number of nitrogens with two attached hydrogens (primary N) is 2. The van der Waals surface area contributed by atoms with E-state index in [0.717, 1.165) is 6.07 Å². The van der Waals surface area contributed by atoms with Crippen LogP contribution in [0.4, 0.5) is 11.8 Å². The first-order valence-corrected chi connectivity index (χ1v) is 2.45. The summed E-state index contributed by atoms with van der Waals surface area (Å²) in [5, 5.41) is 8.69. The van der Waals surface area contributed by atoms with E-state index in [1.165, 1.54) is 0 Å². The van der Waals surface area contributed by atoms with Gasteiger partial charge >= 0.3 is 0 Å². The first-order valence-electron chi connectivity index (χ1n) is 2.45. The van der Waals surface area contributed by atoms with Gasteiger partial charge in [-0.05, 0) is 0 Å². The Balaban J connectivity index is 0.000001000. The molecule has 0 amide bonds. The topological polar surface area (TPSA) is 139 Å². The lowest BCUT2D eigenvalue weighted by Gasteiger charge is -1.98. The molecule has 7 N–H and O–H groups in total. The largest absolute Gasteiger partial charge is 0.422 e. The molecule has 0 saturated carbocycles. The minimum absolute atomic E-state index is 0. The lowest BCUT2D eigenvalue weighted by Crippen LogP contribution is -2.22. The summed E-state index contributed by atoms with van der Waals surface area (Å²) in [4.78, 5) is 14.0. The molecule has 0 radical (unpaired) electrons. The summed E-state index contributed by atoms with van der Waals surface area (Å²) in [7, 11) is 0. The molecular weight excluding hydrogens is 152 g/mol. The third-order valence-electron chi connectivity index (χ3n) is 0.941. The molecule has 1 rings (SSSR count). The van der Waals surface area contributed by atoms with Crippen LogP contribution in [0, 0.1) is 0 Å². The monoisotopic (exact) mass is 160 g/mol. The zero-order chi connectivity index (χ0) is 7.72. The molecule has 0 unspecified atom stereocenters. The summed E-state index contributed by atoms with van der Waals surface area (Å²) in [5.41, 5.74) is 9.47. The highest BCUT2D eigenvalue weighted by molar-refractivity contribution is 5.32. The van der Waals surface area contributed by atoms with Crippen LogP contribution in [0.5, 0.6) is 0 Å². The molecule has 0 aliphatic heterocycles. The van der Waals surface area contributed by atoms with Gasteiger partial charge in [0.25, 0.3) is 5.56 Å². The van der Waals surface area contributed by atoms with Crippen LogP contribution in [0.25, 0.3) is 0 Å². The number of anilines is 2. The lowest BCUT2D eigenvalue weighted by atomic mass is 10.6.